The van der Waals surface area contributed by atoms with Gasteiger partial charge in [0.2, 0.25) is 0 Å². The predicted octanol–water partition coefficient (Wildman–Crippen LogP) is 2.57. The second-order valence-electron chi connectivity index (χ2n) is 3.31. The molecule has 2 nitrogen and oxygen atoms in total. The third kappa shape index (κ3) is 2.63. The van der Waals surface area contributed by atoms with E-state index >= 15 is 0 Å². The molecule has 1 aliphatic heterocycles. The van der Waals surface area contributed by atoms with Crippen molar-refractivity contribution in [1.82, 2.24) is 0 Å². The Morgan fingerprint density at radius 1 is 1.40 bits per heavy atom. The van der Waals surface area contributed by atoms with Crippen LogP contribution in [0.5, 0.6) is 0 Å². The van der Waals surface area contributed by atoms with E-state index < -0.39 is 0 Å². The molecule has 1 aliphatic rings. The third-order valence-corrected chi connectivity index (χ3v) is 3.56. The summed E-state index contributed by atoms with van der Waals surface area (Å²) >= 11 is 1.85. The maximum atomic E-state index is 10.9. The average molecular weight is 220 g/mol. The molecule has 1 aromatic carbocycles. The molecule has 2 atom stereocenters. The zero-order chi connectivity index (χ0) is 10.7. The first-order chi connectivity index (χ1) is 7.31. The van der Waals surface area contributed by atoms with E-state index in [1.807, 2.05) is 36.0 Å². The van der Waals surface area contributed by atoms with Gasteiger partial charge in [-0.3, -0.25) is 0 Å². The molecule has 0 radical (unpaired) electrons. The Morgan fingerprint density at radius 3 is 2.80 bits per heavy atom. The van der Waals surface area contributed by atoms with E-state index in [9.17, 15) is 4.79 Å². The molecule has 1 fully saturated rings. The zero-order valence-electron chi connectivity index (χ0n) is 8.42. The highest BCUT2D eigenvalue weighted by atomic mass is 32.2. The fourth-order valence-electron chi connectivity index (χ4n) is 1.42. The summed E-state index contributed by atoms with van der Waals surface area (Å²) in [6, 6.07) is 10.3. The number of hydrogen-bond donors (Lipinski definition) is 0. The number of rotatable bonds is 3. The van der Waals surface area contributed by atoms with Crippen molar-refractivity contribution >= 4 is 17.7 Å². The summed E-state index contributed by atoms with van der Waals surface area (Å²) in [6.45, 7) is 0. The normalized spacial score (nSPS) is 24.1. The number of carbonyl (C=O) groups excluding carboxylic acids is 1. The molecule has 0 saturated carbocycles. The fraction of sp³-hybridized carbons (Fsp3) is 0.250. The molecule has 0 bridgehead atoms. The molecule has 0 N–H and O–H groups in total. The minimum Gasteiger partial charge on any atom is -0.466 e. The Hall–Kier alpha value is -1.22. The fourth-order valence-corrected chi connectivity index (χ4v) is 2.40. The van der Waals surface area contributed by atoms with Crippen LogP contribution in [0.2, 0.25) is 0 Å². The predicted molar refractivity (Wildman–Crippen MR) is 61.7 cm³/mol. The largest absolute Gasteiger partial charge is 0.466 e. The lowest BCUT2D eigenvalue weighted by atomic mass is 10.1. The van der Waals surface area contributed by atoms with Crippen molar-refractivity contribution in [2.75, 3.05) is 7.11 Å². The maximum Gasteiger partial charge on any atom is 0.330 e. The lowest BCUT2D eigenvalue weighted by Gasteiger charge is -1.94. The van der Waals surface area contributed by atoms with Crippen LogP contribution in [0.3, 0.4) is 0 Å². The molecule has 0 aromatic heterocycles. The summed E-state index contributed by atoms with van der Waals surface area (Å²) in [6.07, 6.45) is 3.41. The second-order valence-corrected chi connectivity index (χ2v) is 4.64. The highest BCUT2D eigenvalue weighted by molar-refractivity contribution is 8.07. The van der Waals surface area contributed by atoms with Gasteiger partial charge in [0.25, 0.3) is 0 Å². The maximum absolute atomic E-state index is 10.9. The Bertz CT molecular complexity index is 372. The van der Waals surface area contributed by atoms with Crippen molar-refractivity contribution in [3.05, 3.63) is 48.0 Å². The SMILES string of the molecule is COC(=O)/C=C\C1SC1c1ccccc1. The molecule has 2 unspecified atom stereocenters. The van der Waals surface area contributed by atoms with Crippen molar-refractivity contribution in [3.8, 4) is 0 Å². The summed E-state index contributed by atoms with van der Waals surface area (Å²) in [5.41, 5.74) is 1.32. The van der Waals surface area contributed by atoms with Crippen LogP contribution in [-0.4, -0.2) is 18.3 Å². The van der Waals surface area contributed by atoms with Crippen LogP contribution in [0.1, 0.15) is 10.8 Å². The van der Waals surface area contributed by atoms with Crippen LogP contribution in [0.4, 0.5) is 0 Å². The molecule has 15 heavy (non-hydrogen) atoms. The number of ether oxygens (including phenoxy) is 1. The number of benzene rings is 1. The monoisotopic (exact) mass is 220 g/mol. The first kappa shape index (κ1) is 10.3. The molecule has 1 heterocycles. The average Bonchev–Trinajstić information content (AvgIpc) is 3.06. The van der Waals surface area contributed by atoms with Crippen LogP contribution >= 0.6 is 11.8 Å². The topological polar surface area (TPSA) is 26.3 Å². The number of thioether (sulfide) groups is 1. The van der Waals surface area contributed by atoms with Gasteiger partial charge in [-0.05, 0) is 5.56 Å². The minimum atomic E-state index is -0.283. The van der Waals surface area contributed by atoms with Crippen molar-refractivity contribution in [2.24, 2.45) is 0 Å². The van der Waals surface area contributed by atoms with Crippen LogP contribution in [0, 0.1) is 0 Å². The molecular weight excluding hydrogens is 208 g/mol. The first-order valence-electron chi connectivity index (χ1n) is 4.78. The summed E-state index contributed by atoms with van der Waals surface area (Å²) in [7, 11) is 1.39. The molecule has 0 amide bonds. The van der Waals surface area contributed by atoms with E-state index in [-0.39, 0.29) is 5.97 Å². The number of esters is 1. The van der Waals surface area contributed by atoms with E-state index in [2.05, 4.69) is 16.9 Å². The second kappa shape index (κ2) is 4.53. The van der Waals surface area contributed by atoms with Crippen molar-refractivity contribution in [1.29, 1.82) is 0 Å². The van der Waals surface area contributed by atoms with Crippen LogP contribution < -0.4 is 0 Å². The molecule has 2 rings (SSSR count). The van der Waals surface area contributed by atoms with Crippen molar-refractivity contribution in [3.63, 3.8) is 0 Å². The van der Waals surface area contributed by atoms with E-state index in [1.165, 1.54) is 18.7 Å². The summed E-state index contributed by atoms with van der Waals surface area (Å²) in [5, 5.41) is 0.929. The molecule has 3 heteroatoms. The smallest absolute Gasteiger partial charge is 0.330 e. The summed E-state index contributed by atoms with van der Waals surface area (Å²) < 4.78 is 4.53. The standard InChI is InChI=1S/C12H12O2S/c1-14-11(13)8-7-10-12(15-10)9-5-3-2-4-6-9/h2-8,10,12H,1H3/b8-7-. The summed E-state index contributed by atoms with van der Waals surface area (Å²) in [5.74, 6) is -0.283. The Kier molecular flexibility index (Phi) is 3.11. The van der Waals surface area contributed by atoms with E-state index in [0.717, 1.165) is 0 Å². The number of hydrogen-bond acceptors (Lipinski definition) is 3. The van der Waals surface area contributed by atoms with Gasteiger partial charge in [0.15, 0.2) is 0 Å². The van der Waals surface area contributed by atoms with Crippen molar-refractivity contribution in [2.45, 2.75) is 10.5 Å². The molecule has 0 spiro atoms. The quantitative estimate of drug-likeness (QED) is 0.445. The molecule has 78 valence electrons. The van der Waals surface area contributed by atoms with Gasteiger partial charge >= 0.3 is 5.97 Å². The molecule has 1 saturated heterocycles. The molecule has 1 aromatic rings. The first-order valence-corrected chi connectivity index (χ1v) is 5.72. The van der Waals surface area contributed by atoms with E-state index in [1.54, 1.807) is 0 Å². The van der Waals surface area contributed by atoms with Gasteiger partial charge in [-0.1, -0.05) is 36.4 Å². The van der Waals surface area contributed by atoms with Gasteiger partial charge < -0.3 is 4.74 Å². The van der Waals surface area contributed by atoms with Gasteiger partial charge in [0.05, 0.1) is 7.11 Å². The van der Waals surface area contributed by atoms with E-state index in [4.69, 9.17) is 0 Å². The minimum absolute atomic E-state index is 0.283. The van der Waals surface area contributed by atoms with Crippen LogP contribution in [0.25, 0.3) is 0 Å². The van der Waals surface area contributed by atoms with Crippen molar-refractivity contribution < 1.29 is 9.53 Å². The van der Waals surface area contributed by atoms with Gasteiger partial charge in [-0.25, -0.2) is 4.79 Å². The lowest BCUT2D eigenvalue weighted by Crippen LogP contribution is -1.94. The van der Waals surface area contributed by atoms with Gasteiger partial charge in [-0.2, -0.15) is 0 Å². The zero-order valence-corrected chi connectivity index (χ0v) is 9.24. The Balaban J connectivity index is 1.92. The van der Waals surface area contributed by atoms with Gasteiger partial charge in [0.1, 0.15) is 0 Å². The molecule has 0 aliphatic carbocycles. The van der Waals surface area contributed by atoms with Crippen LogP contribution in [-0.2, 0) is 9.53 Å². The van der Waals surface area contributed by atoms with Crippen LogP contribution in [0.15, 0.2) is 42.5 Å². The summed E-state index contributed by atoms with van der Waals surface area (Å²) in [4.78, 5) is 10.9. The van der Waals surface area contributed by atoms with E-state index in [0.29, 0.717) is 10.5 Å². The van der Waals surface area contributed by atoms with Gasteiger partial charge in [0, 0.05) is 16.6 Å². The number of methoxy groups -OCH3 is 1. The lowest BCUT2D eigenvalue weighted by molar-refractivity contribution is -0.134. The van der Waals surface area contributed by atoms with Gasteiger partial charge in [-0.15, -0.1) is 11.8 Å². The highest BCUT2D eigenvalue weighted by Gasteiger charge is 2.37. The highest BCUT2D eigenvalue weighted by Crippen LogP contribution is 2.55. The Morgan fingerprint density at radius 2 is 2.13 bits per heavy atom. The molecular formula is C12H12O2S. The Labute approximate surface area is 93.3 Å². The number of carbonyl (C=O) groups is 1. The third-order valence-electron chi connectivity index (χ3n) is 2.28.